The minimum atomic E-state index is -0.275. The van der Waals surface area contributed by atoms with Crippen LogP contribution in [0, 0.1) is 5.92 Å². The van der Waals surface area contributed by atoms with Crippen LogP contribution in [0.15, 0.2) is 22.7 Å². The summed E-state index contributed by atoms with van der Waals surface area (Å²) in [6, 6.07) is 3.34. The van der Waals surface area contributed by atoms with Crippen LogP contribution >= 0.6 is 0 Å². The van der Waals surface area contributed by atoms with Crippen molar-refractivity contribution >= 4 is 16.9 Å². The number of hydrogen-bond acceptors (Lipinski definition) is 7. The standard InChI is InChI=1S/C16H20N6O2/c1-9(2)8-10(17)16-22-21-13(24-16)6-5-12(23)15-19-11-4-3-7-18-14(11)20-15/h3-4,7,9-10H,5-6,8,17H2,1-2H3,(H,18,19,20). The minimum absolute atomic E-state index is 0.126. The predicted molar refractivity (Wildman–Crippen MR) is 87.2 cm³/mol. The molecule has 3 N–H and O–H groups in total. The molecular weight excluding hydrogens is 308 g/mol. The molecule has 0 aliphatic rings. The summed E-state index contributed by atoms with van der Waals surface area (Å²) in [6.07, 6.45) is 2.98. The number of hydrogen-bond donors (Lipinski definition) is 2. The Morgan fingerprint density at radius 2 is 2.21 bits per heavy atom. The van der Waals surface area contributed by atoms with Crippen LogP contribution in [0.1, 0.15) is 55.1 Å². The van der Waals surface area contributed by atoms with Crippen molar-refractivity contribution in [1.29, 1.82) is 0 Å². The van der Waals surface area contributed by atoms with Crippen molar-refractivity contribution in [2.24, 2.45) is 11.7 Å². The number of aromatic nitrogens is 5. The van der Waals surface area contributed by atoms with Gasteiger partial charge in [0.25, 0.3) is 0 Å². The summed E-state index contributed by atoms with van der Waals surface area (Å²) in [5, 5.41) is 7.93. The summed E-state index contributed by atoms with van der Waals surface area (Å²) >= 11 is 0. The number of aromatic amines is 1. The van der Waals surface area contributed by atoms with Crippen molar-refractivity contribution < 1.29 is 9.21 Å². The highest BCUT2D eigenvalue weighted by Gasteiger charge is 2.17. The van der Waals surface area contributed by atoms with E-state index in [1.807, 2.05) is 6.07 Å². The van der Waals surface area contributed by atoms with Crippen molar-refractivity contribution in [2.45, 2.75) is 39.2 Å². The van der Waals surface area contributed by atoms with Gasteiger partial charge in [-0.05, 0) is 24.5 Å². The average Bonchev–Trinajstić information content (AvgIpc) is 3.18. The zero-order chi connectivity index (χ0) is 17.1. The first-order valence-corrected chi connectivity index (χ1v) is 7.94. The van der Waals surface area contributed by atoms with E-state index in [9.17, 15) is 4.79 Å². The van der Waals surface area contributed by atoms with Gasteiger partial charge >= 0.3 is 0 Å². The molecule has 0 saturated heterocycles. The zero-order valence-electron chi connectivity index (χ0n) is 13.7. The third-order valence-electron chi connectivity index (χ3n) is 3.61. The molecule has 0 aliphatic carbocycles. The Hall–Kier alpha value is -2.61. The van der Waals surface area contributed by atoms with Crippen LogP contribution in [0.3, 0.4) is 0 Å². The quantitative estimate of drug-likeness (QED) is 0.637. The molecule has 8 nitrogen and oxygen atoms in total. The first kappa shape index (κ1) is 16.3. The number of imidazole rings is 1. The number of nitrogens with zero attached hydrogens (tertiary/aromatic N) is 4. The summed E-state index contributed by atoms with van der Waals surface area (Å²) in [5.74, 6) is 1.43. The second kappa shape index (κ2) is 6.88. The molecule has 0 spiro atoms. The predicted octanol–water partition coefficient (Wildman–Crippen LogP) is 2.20. The van der Waals surface area contributed by atoms with Gasteiger partial charge in [0.1, 0.15) is 0 Å². The average molecular weight is 328 g/mol. The van der Waals surface area contributed by atoms with Crippen LogP contribution in [0.4, 0.5) is 0 Å². The maximum absolute atomic E-state index is 12.2. The van der Waals surface area contributed by atoms with E-state index in [1.165, 1.54) is 0 Å². The van der Waals surface area contributed by atoms with Crippen LogP contribution in [0.2, 0.25) is 0 Å². The summed E-state index contributed by atoms with van der Waals surface area (Å²) < 4.78 is 5.55. The van der Waals surface area contributed by atoms with Crippen molar-refractivity contribution in [2.75, 3.05) is 0 Å². The lowest BCUT2D eigenvalue weighted by Crippen LogP contribution is -2.13. The van der Waals surface area contributed by atoms with Crippen LogP contribution in [-0.4, -0.2) is 30.9 Å². The topological polar surface area (TPSA) is 124 Å². The molecule has 0 aromatic carbocycles. The van der Waals surface area contributed by atoms with E-state index in [0.29, 0.717) is 35.6 Å². The van der Waals surface area contributed by atoms with E-state index in [4.69, 9.17) is 10.2 Å². The van der Waals surface area contributed by atoms with Gasteiger partial charge in [-0.3, -0.25) is 4.79 Å². The number of nitrogens with two attached hydrogens (primary N) is 1. The number of pyridine rings is 1. The Morgan fingerprint density at radius 1 is 1.38 bits per heavy atom. The van der Waals surface area contributed by atoms with E-state index in [1.54, 1.807) is 12.3 Å². The smallest absolute Gasteiger partial charge is 0.233 e. The molecule has 1 atom stereocenters. The fourth-order valence-corrected chi connectivity index (χ4v) is 2.44. The number of H-pyrrole nitrogens is 1. The van der Waals surface area contributed by atoms with Crippen LogP contribution in [0.5, 0.6) is 0 Å². The first-order chi connectivity index (χ1) is 11.5. The molecular formula is C16H20N6O2. The monoisotopic (exact) mass is 328 g/mol. The fourth-order valence-electron chi connectivity index (χ4n) is 2.44. The van der Waals surface area contributed by atoms with Gasteiger partial charge in [-0.15, -0.1) is 10.2 Å². The molecule has 1 unspecified atom stereocenters. The fraction of sp³-hybridized carbons (Fsp3) is 0.438. The molecule has 0 saturated carbocycles. The number of aryl methyl sites for hydroxylation is 1. The second-order valence-electron chi connectivity index (χ2n) is 6.15. The van der Waals surface area contributed by atoms with Crippen molar-refractivity contribution in [3.05, 3.63) is 35.9 Å². The molecule has 0 fully saturated rings. The molecule has 3 rings (SSSR count). The van der Waals surface area contributed by atoms with Gasteiger partial charge < -0.3 is 15.1 Å². The molecule has 8 heteroatoms. The number of carbonyl (C=O) groups excluding carboxylic acids is 1. The number of nitrogens with one attached hydrogen (secondary N) is 1. The van der Waals surface area contributed by atoms with Gasteiger partial charge in [0.15, 0.2) is 17.3 Å². The SMILES string of the molecule is CC(C)CC(N)c1nnc(CCC(=O)c2nc3ncccc3[nH]2)o1. The molecule has 3 heterocycles. The number of fused-ring (bicyclic) bond motifs is 1. The Balaban J connectivity index is 1.61. The number of rotatable bonds is 7. The molecule has 0 bridgehead atoms. The molecule has 24 heavy (non-hydrogen) atoms. The molecule has 0 radical (unpaired) electrons. The van der Waals surface area contributed by atoms with Crippen LogP contribution in [0.25, 0.3) is 11.2 Å². The van der Waals surface area contributed by atoms with Crippen molar-refractivity contribution in [3.63, 3.8) is 0 Å². The van der Waals surface area contributed by atoms with Gasteiger partial charge in [-0.25, -0.2) is 9.97 Å². The van der Waals surface area contributed by atoms with Gasteiger partial charge in [0.2, 0.25) is 11.8 Å². The van der Waals surface area contributed by atoms with Gasteiger partial charge in [0, 0.05) is 19.0 Å². The summed E-state index contributed by atoms with van der Waals surface area (Å²) in [7, 11) is 0. The van der Waals surface area contributed by atoms with Gasteiger partial charge in [-0.1, -0.05) is 13.8 Å². The molecule has 0 aliphatic heterocycles. The normalized spacial score (nSPS) is 12.8. The second-order valence-corrected chi connectivity index (χ2v) is 6.15. The summed E-state index contributed by atoms with van der Waals surface area (Å²) in [6.45, 7) is 4.16. The Kier molecular flexibility index (Phi) is 4.66. The van der Waals surface area contributed by atoms with Gasteiger partial charge in [-0.2, -0.15) is 0 Å². The highest BCUT2D eigenvalue weighted by atomic mass is 16.4. The third kappa shape index (κ3) is 3.65. The highest BCUT2D eigenvalue weighted by Crippen LogP contribution is 2.18. The van der Waals surface area contributed by atoms with E-state index in [-0.39, 0.29) is 18.2 Å². The maximum atomic E-state index is 12.2. The number of carbonyl (C=O) groups is 1. The third-order valence-corrected chi connectivity index (χ3v) is 3.61. The molecule has 126 valence electrons. The molecule has 0 amide bonds. The maximum Gasteiger partial charge on any atom is 0.233 e. The first-order valence-electron chi connectivity index (χ1n) is 7.94. The van der Waals surface area contributed by atoms with Crippen LogP contribution < -0.4 is 5.73 Å². The lowest BCUT2D eigenvalue weighted by molar-refractivity contribution is 0.0971. The van der Waals surface area contributed by atoms with E-state index in [0.717, 1.165) is 11.9 Å². The van der Waals surface area contributed by atoms with Crippen molar-refractivity contribution in [3.8, 4) is 0 Å². The lowest BCUT2D eigenvalue weighted by atomic mass is 10.1. The number of ketones is 1. The van der Waals surface area contributed by atoms with Crippen LogP contribution in [-0.2, 0) is 6.42 Å². The lowest BCUT2D eigenvalue weighted by Gasteiger charge is -2.08. The zero-order valence-corrected chi connectivity index (χ0v) is 13.7. The molecule has 3 aromatic heterocycles. The number of Topliss-reactive ketones (excluding diaryl/α,β-unsaturated/α-hetero) is 1. The molecule has 3 aromatic rings. The summed E-state index contributed by atoms with van der Waals surface area (Å²) in [4.78, 5) is 23.5. The Morgan fingerprint density at radius 3 is 2.96 bits per heavy atom. The largest absolute Gasteiger partial charge is 0.424 e. The summed E-state index contributed by atoms with van der Waals surface area (Å²) in [5.41, 5.74) is 7.28. The van der Waals surface area contributed by atoms with E-state index in [2.05, 4.69) is 39.0 Å². The van der Waals surface area contributed by atoms with E-state index < -0.39 is 0 Å². The Labute approximate surface area is 138 Å². The highest BCUT2D eigenvalue weighted by molar-refractivity contribution is 5.95. The Bertz CT molecular complexity index is 805. The van der Waals surface area contributed by atoms with E-state index >= 15 is 0 Å². The minimum Gasteiger partial charge on any atom is -0.424 e. The van der Waals surface area contributed by atoms with Crippen molar-refractivity contribution in [1.82, 2.24) is 25.1 Å². The van der Waals surface area contributed by atoms with Gasteiger partial charge in [0.05, 0.1) is 11.6 Å².